The predicted octanol–water partition coefficient (Wildman–Crippen LogP) is 4.50. The molecule has 5 rings (SSSR count). The molecule has 3 aromatic rings. The van der Waals surface area contributed by atoms with Crippen molar-refractivity contribution in [2.75, 3.05) is 6.61 Å². The fourth-order valence-electron chi connectivity index (χ4n) is 4.20. The predicted molar refractivity (Wildman–Crippen MR) is 120 cm³/mol. The summed E-state index contributed by atoms with van der Waals surface area (Å²) < 4.78 is 31.2. The highest BCUT2D eigenvalue weighted by Crippen LogP contribution is 2.35. The highest BCUT2D eigenvalue weighted by atomic mass is 16.8. The highest BCUT2D eigenvalue weighted by Gasteiger charge is 2.52. The molecule has 0 aromatic heterocycles. The van der Waals surface area contributed by atoms with Gasteiger partial charge in [-0.25, -0.2) is 0 Å². The molecular formula is C27H28O5. The zero-order valence-electron chi connectivity index (χ0n) is 17.9. The molecule has 5 atom stereocenters. The summed E-state index contributed by atoms with van der Waals surface area (Å²) in [5.41, 5.74) is 3.31. The molecule has 166 valence electrons. The minimum absolute atomic E-state index is 0.180. The molecule has 32 heavy (non-hydrogen) atoms. The molecule has 0 spiro atoms. The molecule has 0 unspecified atom stereocenters. The lowest BCUT2D eigenvalue weighted by atomic mass is 10.00. The molecule has 0 amide bonds. The van der Waals surface area contributed by atoms with E-state index in [-0.39, 0.29) is 18.3 Å². The molecule has 5 heteroatoms. The number of ether oxygens (including phenoxy) is 5. The van der Waals surface area contributed by atoms with Crippen molar-refractivity contribution in [1.82, 2.24) is 0 Å². The Kier molecular flexibility index (Phi) is 6.92. The minimum atomic E-state index is -0.457. The molecule has 2 aliphatic heterocycles. The number of hydrogen-bond donors (Lipinski definition) is 0. The van der Waals surface area contributed by atoms with Crippen LogP contribution in [0.4, 0.5) is 0 Å². The molecular weight excluding hydrogens is 404 g/mol. The maximum atomic E-state index is 6.44. The third kappa shape index (κ3) is 5.09. The monoisotopic (exact) mass is 432 g/mol. The van der Waals surface area contributed by atoms with Crippen LogP contribution in [-0.4, -0.2) is 37.3 Å². The standard InChI is InChI=1S/C27H28O5/c1-4-10-20(11-5-1)16-28-24-23-19-31-27(32-23)26(30-18-22-14-8-3-9-15-22)25(24)29-17-21-12-6-2-7-13-21/h1-15,23-27H,16-19H2/t23-,24-,25+,26+,27-/m0/s1. The maximum Gasteiger partial charge on any atom is 0.187 e. The first-order valence-corrected chi connectivity index (χ1v) is 11.1. The number of hydrogen-bond acceptors (Lipinski definition) is 5. The summed E-state index contributed by atoms with van der Waals surface area (Å²) in [5.74, 6) is 0. The fourth-order valence-corrected chi connectivity index (χ4v) is 4.20. The smallest absolute Gasteiger partial charge is 0.187 e. The van der Waals surface area contributed by atoms with Gasteiger partial charge in [0.05, 0.1) is 26.4 Å². The van der Waals surface area contributed by atoms with Crippen molar-refractivity contribution in [2.45, 2.75) is 50.5 Å². The highest BCUT2D eigenvalue weighted by molar-refractivity contribution is 5.15. The van der Waals surface area contributed by atoms with Crippen LogP contribution in [0.15, 0.2) is 91.0 Å². The SMILES string of the molecule is c1ccc(CO[C@@H]2[C@@H](OCc3ccccc3)[C@@H]3CO[C@@H](O3)[C@@H]2OCc2ccccc2)cc1. The van der Waals surface area contributed by atoms with Gasteiger partial charge in [-0.2, -0.15) is 0 Å². The van der Waals surface area contributed by atoms with Crippen LogP contribution in [0.25, 0.3) is 0 Å². The summed E-state index contributed by atoms with van der Waals surface area (Å²) in [6, 6.07) is 30.4. The second-order valence-electron chi connectivity index (χ2n) is 8.16. The van der Waals surface area contributed by atoms with E-state index in [0.717, 1.165) is 16.7 Å². The Labute approximate surface area is 188 Å². The summed E-state index contributed by atoms with van der Waals surface area (Å²) in [4.78, 5) is 0. The lowest BCUT2D eigenvalue weighted by Gasteiger charge is -2.40. The number of rotatable bonds is 9. The molecule has 5 nitrogen and oxygen atoms in total. The molecule has 3 aromatic carbocycles. The zero-order valence-corrected chi connectivity index (χ0v) is 17.9. The van der Waals surface area contributed by atoms with Crippen LogP contribution in [-0.2, 0) is 43.5 Å². The van der Waals surface area contributed by atoms with E-state index in [1.165, 1.54) is 0 Å². The second-order valence-corrected chi connectivity index (χ2v) is 8.16. The van der Waals surface area contributed by atoms with Gasteiger partial charge in [0.2, 0.25) is 0 Å². The number of benzene rings is 3. The molecule has 0 aliphatic carbocycles. The first-order valence-electron chi connectivity index (χ1n) is 11.1. The van der Waals surface area contributed by atoms with E-state index in [1.54, 1.807) is 0 Å². The molecule has 2 bridgehead atoms. The van der Waals surface area contributed by atoms with Crippen LogP contribution in [0.2, 0.25) is 0 Å². The summed E-state index contributed by atoms with van der Waals surface area (Å²) >= 11 is 0. The minimum Gasteiger partial charge on any atom is -0.368 e. The van der Waals surface area contributed by atoms with Crippen LogP contribution < -0.4 is 0 Å². The van der Waals surface area contributed by atoms with Crippen molar-refractivity contribution >= 4 is 0 Å². The third-order valence-electron chi connectivity index (χ3n) is 5.87. The van der Waals surface area contributed by atoms with E-state index in [1.807, 2.05) is 66.7 Å². The molecule has 2 saturated heterocycles. The summed E-state index contributed by atoms with van der Waals surface area (Å²) in [6.45, 7) is 1.88. The van der Waals surface area contributed by atoms with E-state index in [4.69, 9.17) is 23.7 Å². The van der Waals surface area contributed by atoms with E-state index in [2.05, 4.69) is 24.3 Å². The summed E-state index contributed by atoms with van der Waals surface area (Å²) in [7, 11) is 0. The van der Waals surface area contributed by atoms with Crippen LogP contribution in [0.1, 0.15) is 16.7 Å². The van der Waals surface area contributed by atoms with Gasteiger partial charge in [0.25, 0.3) is 0 Å². The van der Waals surface area contributed by atoms with Crippen molar-refractivity contribution in [3.63, 3.8) is 0 Å². The molecule has 0 N–H and O–H groups in total. The molecule has 2 heterocycles. The first kappa shape index (κ1) is 21.3. The Morgan fingerprint density at radius 3 is 1.50 bits per heavy atom. The van der Waals surface area contributed by atoms with Crippen LogP contribution in [0.3, 0.4) is 0 Å². The Bertz CT molecular complexity index is 892. The van der Waals surface area contributed by atoms with Crippen molar-refractivity contribution in [2.24, 2.45) is 0 Å². The van der Waals surface area contributed by atoms with E-state index < -0.39 is 12.4 Å². The molecule has 0 saturated carbocycles. The zero-order chi connectivity index (χ0) is 21.6. The topological polar surface area (TPSA) is 46.2 Å². The number of fused-ring (bicyclic) bond motifs is 2. The van der Waals surface area contributed by atoms with Crippen molar-refractivity contribution in [3.8, 4) is 0 Å². The van der Waals surface area contributed by atoms with Gasteiger partial charge in [-0.1, -0.05) is 91.0 Å². The van der Waals surface area contributed by atoms with Crippen LogP contribution in [0.5, 0.6) is 0 Å². The molecule has 2 aliphatic rings. The Morgan fingerprint density at radius 1 is 0.562 bits per heavy atom. The maximum absolute atomic E-state index is 6.44. The van der Waals surface area contributed by atoms with E-state index >= 15 is 0 Å². The van der Waals surface area contributed by atoms with Crippen molar-refractivity contribution in [3.05, 3.63) is 108 Å². The van der Waals surface area contributed by atoms with Gasteiger partial charge in [-0.3, -0.25) is 0 Å². The van der Waals surface area contributed by atoms with Gasteiger partial charge >= 0.3 is 0 Å². The summed E-state index contributed by atoms with van der Waals surface area (Å²) in [6.07, 6.45) is -1.63. The quantitative estimate of drug-likeness (QED) is 0.498. The van der Waals surface area contributed by atoms with Gasteiger partial charge in [-0.05, 0) is 16.7 Å². The van der Waals surface area contributed by atoms with Gasteiger partial charge in [0, 0.05) is 0 Å². The largest absolute Gasteiger partial charge is 0.368 e. The average molecular weight is 433 g/mol. The Morgan fingerprint density at radius 2 is 1.00 bits per heavy atom. The third-order valence-corrected chi connectivity index (χ3v) is 5.87. The van der Waals surface area contributed by atoms with Gasteiger partial charge in [0.15, 0.2) is 6.29 Å². The molecule has 2 fully saturated rings. The average Bonchev–Trinajstić information content (AvgIpc) is 3.29. The van der Waals surface area contributed by atoms with E-state index in [0.29, 0.717) is 26.4 Å². The van der Waals surface area contributed by atoms with E-state index in [9.17, 15) is 0 Å². The fraction of sp³-hybridized carbons (Fsp3) is 0.333. The van der Waals surface area contributed by atoms with Gasteiger partial charge < -0.3 is 23.7 Å². The lowest BCUT2D eigenvalue weighted by molar-refractivity contribution is -0.268. The van der Waals surface area contributed by atoms with Crippen molar-refractivity contribution < 1.29 is 23.7 Å². The first-order chi connectivity index (χ1) is 15.9. The second kappa shape index (κ2) is 10.4. The molecule has 0 radical (unpaired) electrons. The van der Waals surface area contributed by atoms with Gasteiger partial charge in [-0.15, -0.1) is 0 Å². The normalized spacial score (nSPS) is 26.8. The van der Waals surface area contributed by atoms with Crippen molar-refractivity contribution in [1.29, 1.82) is 0 Å². The van der Waals surface area contributed by atoms with Gasteiger partial charge in [0.1, 0.15) is 24.4 Å². The van der Waals surface area contributed by atoms with Crippen LogP contribution in [0, 0.1) is 0 Å². The Balaban J connectivity index is 1.33. The summed E-state index contributed by atoms with van der Waals surface area (Å²) in [5, 5.41) is 0. The van der Waals surface area contributed by atoms with Crippen LogP contribution >= 0.6 is 0 Å². The lowest BCUT2D eigenvalue weighted by Crippen LogP contribution is -2.56. The Hall–Kier alpha value is -2.54.